The highest BCUT2D eigenvalue weighted by atomic mass is 32.1. The van der Waals surface area contributed by atoms with Crippen molar-refractivity contribution in [2.24, 2.45) is 10.9 Å². The molecule has 0 amide bonds. The number of alkyl halides is 3. The van der Waals surface area contributed by atoms with E-state index in [9.17, 15) is 13.2 Å². The van der Waals surface area contributed by atoms with E-state index < -0.39 is 11.9 Å². The molecule has 25 heavy (non-hydrogen) atoms. The molecular formula is C16H26F3N5S. The summed E-state index contributed by atoms with van der Waals surface area (Å²) in [6, 6.07) is 0. The number of aromatic nitrogens is 1. The number of guanidine groups is 1. The Kier molecular flexibility index (Phi) is 7.49. The summed E-state index contributed by atoms with van der Waals surface area (Å²) < 4.78 is 37.7. The highest BCUT2D eigenvalue weighted by molar-refractivity contribution is 7.09. The molecule has 0 radical (unpaired) electrons. The molecule has 0 unspecified atom stereocenters. The lowest BCUT2D eigenvalue weighted by atomic mass is 9.99. The van der Waals surface area contributed by atoms with Crippen LogP contribution in [0.2, 0.25) is 0 Å². The van der Waals surface area contributed by atoms with Crippen molar-refractivity contribution in [3.05, 3.63) is 16.1 Å². The fourth-order valence-electron chi connectivity index (χ4n) is 2.62. The Hall–Kier alpha value is -1.35. The molecule has 0 bridgehead atoms. The Bertz CT molecular complexity index is 550. The molecule has 2 N–H and O–H groups in total. The quantitative estimate of drug-likeness (QED) is 0.591. The number of rotatable bonds is 6. The highest BCUT2D eigenvalue weighted by Gasteiger charge is 2.33. The van der Waals surface area contributed by atoms with Crippen molar-refractivity contribution in [2.75, 3.05) is 32.7 Å². The molecule has 0 atom stereocenters. The molecule has 0 aliphatic carbocycles. The van der Waals surface area contributed by atoms with Gasteiger partial charge in [0.15, 0.2) is 11.7 Å². The van der Waals surface area contributed by atoms with E-state index in [0.717, 1.165) is 48.8 Å². The van der Waals surface area contributed by atoms with Crippen LogP contribution < -0.4 is 10.6 Å². The van der Waals surface area contributed by atoms with Crippen LogP contribution in [0.3, 0.4) is 0 Å². The minimum absolute atomic E-state index is 0.136. The van der Waals surface area contributed by atoms with E-state index in [2.05, 4.69) is 32.4 Å². The van der Waals surface area contributed by atoms with Gasteiger partial charge in [0.05, 0.1) is 6.54 Å². The van der Waals surface area contributed by atoms with Crippen LogP contribution in [0.15, 0.2) is 10.4 Å². The van der Waals surface area contributed by atoms with Gasteiger partial charge in [-0.25, -0.2) is 9.98 Å². The van der Waals surface area contributed by atoms with Gasteiger partial charge in [0, 0.05) is 25.0 Å². The molecule has 2 rings (SSSR count). The summed E-state index contributed by atoms with van der Waals surface area (Å²) in [5, 5.41) is 7.73. The van der Waals surface area contributed by atoms with Gasteiger partial charge >= 0.3 is 6.18 Å². The number of nitrogens with zero attached hydrogens (tertiary/aromatic N) is 3. The van der Waals surface area contributed by atoms with Crippen LogP contribution in [-0.2, 0) is 12.7 Å². The lowest BCUT2D eigenvalue weighted by molar-refractivity contribution is -0.140. The number of likely N-dealkylation sites (tertiary alicyclic amines) is 1. The molecular weight excluding hydrogens is 351 g/mol. The first kappa shape index (κ1) is 20.0. The first-order chi connectivity index (χ1) is 11.9. The highest BCUT2D eigenvalue weighted by Crippen LogP contribution is 2.30. The minimum atomic E-state index is -4.40. The minimum Gasteiger partial charge on any atom is -0.357 e. The van der Waals surface area contributed by atoms with Crippen molar-refractivity contribution < 1.29 is 13.2 Å². The Morgan fingerprint density at radius 2 is 2.08 bits per heavy atom. The summed E-state index contributed by atoms with van der Waals surface area (Å²) in [4.78, 5) is 10.4. The fraction of sp³-hybridized carbons (Fsp3) is 0.750. The maximum Gasteiger partial charge on any atom is 0.434 e. The molecule has 0 aromatic carbocycles. The van der Waals surface area contributed by atoms with Crippen LogP contribution in [0.4, 0.5) is 13.2 Å². The maximum atomic E-state index is 12.6. The summed E-state index contributed by atoms with van der Waals surface area (Å²) in [6.45, 7) is 9.00. The summed E-state index contributed by atoms with van der Waals surface area (Å²) in [7, 11) is 0. The van der Waals surface area contributed by atoms with Crippen LogP contribution >= 0.6 is 11.3 Å². The summed E-state index contributed by atoms with van der Waals surface area (Å²) in [5.41, 5.74) is -0.847. The lowest BCUT2D eigenvalue weighted by Gasteiger charge is -2.30. The number of hydrogen-bond donors (Lipinski definition) is 2. The number of thiazole rings is 1. The second-order valence-corrected chi connectivity index (χ2v) is 7.21. The second kappa shape index (κ2) is 9.38. The Balaban J connectivity index is 1.80. The first-order valence-electron chi connectivity index (χ1n) is 8.64. The van der Waals surface area contributed by atoms with Crippen LogP contribution in [0.25, 0.3) is 0 Å². The largest absolute Gasteiger partial charge is 0.434 e. The van der Waals surface area contributed by atoms with E-state index in [1.807, 2.05) is 6.92 Å². The van der Waals surface area contributed by atoms with Crippen molar-refractivity contribution in [3.63, 3.8) is 0 Å². The fourth-order valence-corrected chi connectivity index (χ4v) is 3.34. The number of halogens is 3. The van der Waals surface area contributed by atoms with Crippen LogP contribution in [-0.4, -0.2) is 48.6 Å². The normalized spacial score (nSPS) is 17.7. The molecule has 1 aromatic heterocycles. The molecule has 0 spiro atoms. The average Bonchev–Trinajstić information content (AvgIpc) is 3.04. The third-order valence-electron chi connectivity index (χ3n) is 4.16. The summed E-state index contributed by atoms with van der Waals surface area (Å²) in [6.07, 6.45) is -1.92. The van der Waals surface area contributed by atoms with Crippen LogP contribution in [0.5, 0.6) is 0 Å². The summed E-state index contributed by atoms with van der Waals surface area (Å²) in [5.74, 6) is 1.42. The summed E-state index contributed by atoms with van der Waals surface area (Å²) >= 11 is 0.981. The lowest BCUT2D eigenvalue weighted by Crippen LogP contribution is -2.43. The molecule has 142 valence electrons. The maximum absolute atomic E-state index is 12.6. The van der Waals surface area contributed by atoms with Gasteiger partial charge in [-0.2, -0.15) is 13.2 Å². The van der Waals surface area contributed by atoms with Crippen LogP contribution in [0, 0.1) is 5.92 Å². The van der Waals surface area contributed by atoms with Gasteiger partial charge in [0.2, 0.25) is 0 Å². The molecule has 0 saturated carbocycles. The van der Waals surface area contributed by atoms with E-state index >= 15 is 0 Å². The molecule has 1 aliphatic rings. The number of hydrogen-bond acceptors (Lipinski definition) is 4. The molecule has 1 aliphatic heterocycles. The van der Waals surface area contributed by atoms with Gasteiger partial charge in [0.25, 0.3) is 0 Å². The molecule has 1 fully saturated rings. The van der Waals surface area contributed by atoms with Gasteiger partial charge in [0.1, 0.15) is 5.01 Å². The van der Waals surface area contributed by atoms with E-state index in [0.29, 0.717) is 17.5 Å². The predicted octanol–water partition coefficient (Wildman–Crippen LogP) is 2.95. The average molecular weight is 377 g/mol. The van der Waals surface area contributed by atoms with Crippen molar-refractivity contribution in [1.82, 2.24) is 20.5 Å². The first-order valence-corrected chi connectivity index (χ1v) is 9.52. The van der Waals surface area contributed by atoms with Crippen molar-refractivity contribution in [2.45, 2.75) is 39.4 Å². The van der Waals surface area contributed by atoms with E-state index in [4.69, 9.17) is 0 Å². The Morgan fingerprint density at radius 3 is 2.68 bits per heavy atom. The predicted molar refractivity (Wildman–Crippen MR) is 94.8 cm³/mol. The zero-order chi connectivity index (χ0) is 18.3. The third-order valence-corrected chi connectivity index (χ3v) is 4.99. The van der Waals surface area contributed by atoms with Gasteiger partial charge in [-0.05, 0) is 38.8 Å². The van der Waals surface area contributed by atoms with Gasteiger partial charge < -0.3 is 15.5 Å². The van der Waals surface area contributed by atoms with Gasteiger partial charge in [-0.15, -0.1) is 11.3 Å². The zero-order valence-corrected chi connectivity index (χ0v) is 15.5. The number of nitrogens with one attached hydrogen (secondary N) is 2. The standard InChI is InChI=1S/C16H26F3N5S/c1-3-20-15(21-6-9-24-7-4-12(2)5-8-24)22-10-14-23-13(11-25-14)16(17,18)19/h11-12H,3-10H2,1-2H3,(H2,20,21,22). The monoisotopic (exact) mass is 377 g/mol. The Labute approximate surface area is 150 Å². The number of piperidine rings is 1. The Morgan fingerprint density at radius 1 is 1.36 bits per heavy atom. The second-order valence-electron chi connectivity index (χ2n) is 6.27. The van der Waals surface area contributed by atoms with E-state index in [-0.39, 0.29) is 6.54 Å². The smallest absolute Gasteiger partial charge is 0.357 e. The SMILES string of the molecule is CCNC(=NCc1nc(C(F)(F)F)cs1)NCCN1CCC(C)CC1. The van der Waals surface area contributed by atoms with E-state index in [1.54, 1.807) is 0 Å². The molecule has 1 saturated heterocycles. The number of aliphatic imine (C=N–C) groups is 1. The molecule has 5 nitrogen and oxygen atoms in total. The van der Waals surface area contributed by atoms with E-state index in [1.165, 1.54) is 12.8 Å². The van der Waals surface area contributed by atoms with Gasteiger partial charge in [-0.3, -0.25) is 0 Å². The third kappa shape index (κ3) is 6.81. The topological polar surface area (TPSA) is 52.6 Å². The van der Waals surface area contributed by atoms with Crippen molar-refractivity contribution in [3.8, 4) is 0 Å². The van der Waals surface area contributed by atoms with Gasteiger partial charge in [-0.1, -0.05) is 6.92 Å². The van der Waals surface area contributed by atoms with Crippen molar-refractivity contribution >= 4 is 17.3 Å². The van der Waals surface area contributed by atoms with Crippen LogP contribution in [0.1, 0.15) is 37.4 Å². The molecule has 9 heteroatoms. The molecule has 2 heterocycles. The van der Waals surface area contributed by atoms with Crippen molar-refractivity contribution in [1.29, 1.82) is 0 Å². The molecule has 1 aromatic rings. The zero-order valence-electron chi connectivity index (χ0n) is 14.7.